The normalized spacial score (nSPS) is 28.2. The number of carbonyl (C=O) groups is 4. The fourth-order valence-electron chi connectivity index (χ4n) is 8.85. The van der Waals surface area contributed by atoms with Crippen molar-refractivity contribution in [2.24, 2.45) is 17.8 Å². The Morgan fingerprint density at radius 2 is 1.72 bits per heavy atom. The lowest BCUT2D eigenvalue weighted by Crippen LogP contribution is -2.54. The van der Waals surface area contributed by atoms with E-state index in [0.717, 1.165) is 36.1 Å². The fraction of sp³-hybridized carbons (Fsp3) is 0.500. The number of aromatic nitrogens is 3. The Morgan fingerprint density at radius 3 is 2.52 bits per heavy atom. The zero-order valence-corrected chi connectivity index (χ0v) is 33.6. The van der Waals surface area contributed by atoms with Crippen LogP contribution in [0, 0.1) is 17.8 Å². The summed E-state index contributed by atoms with van der Waals surface area (Å²) in [6.45, 7) is 0. The Bertz CT molecular complexity index is 2390. The summed E-state index contributed by atoms with van der Waals surface area (Å²) in [5.41, 5.74) is 1.33. The van der Waals surface area contributed by atoms with Gasteiger partial charge in [-0.05, 0) is 94.2 Å². The van der Waals surface area contributed by atoms with Crippen molar-refractivity contribution in [2.45, 2.75) is 113 Å². The molecule has 4 aromatic rings. The number of para-hydroxylation sites is 2. The van der Waals surface area contributed by atoms with E-state index in [2.05, 4.69) is 20.5 Å². The first kappa shape index (κ1) is 38.6. The monoisotopic (exact) mass is 826 g/mol. The molecule has 3 N–H and O–H groups in total. The molecule has 4 aliphatic carbocycles. The van der Waals surface area contributed by atoms with E-state index in [4.69, 9.17) is 19.2 Å². The van der Waals surface area contributed by atoms with Crippen LogP contribution in [0.25, 0.3) is 21.6 Å². The molecule has 0 spiro atoms. The fourth-order valence-corrected chi connectivity index (χ4v) is 10.9. The number of benzene rings is 1. The molecule has 3 amide bonds. The largest absolute Gasteiger partial charge is 0.473 e. The predicted octanol–water partition coefficient (Wildman–Crippen LogP) is 5.37. The van der Waals surface area contributed by atoms with Crippen molar-refractivity contribution >= 4 is 55.9 Å². The van der Waals surface area contributed by atoms with Gasteiger partial charge in [-0.25, -0.2) is 18.4 Å². The predicted molar refractivity (Wildman–Crippen MR) is 214 cm³/mol. The van der Waals surface area contributed by atoms with Gasteiger partial charge < -0.3 is 19.9 Å². The molecule has 304 valence electrons. The van der Waals surface area contributed by atoms with Crippen molar-refractivity contribution in [3.8, 4) is 16.5 Å². The average Bonchev–Trinajstić information content (AvgIpc) is 3.99. The molecule has 0 saturated heterocycles. The van der Waals surface area contributed by atoms with Crippen molar-refractivity contribution in [1.29, 1.82) is 0 Å². The Balaban J connectivity index is 1.04. The number of hydrogen-bond donors (Lipinski definition) is 3. The SMILES string of the molecule is O=C(N[C@@H]1CCCCC/C=C\C2C[C@@]2(C(=O)NS(=O)(=O)C2CC2)NC(=O)[C@@H]2C[C@@H](Oc3nc4ccccc4nc3-c3cccs3)CC2C1=O)c1noc2c1CCCC2. The van der Waals surface area contributed by atoms with Gasteiger partial charge in [0.15, 0.2) is 11.5 Å². The zero-order chi connectivity index (χ0) is 40.0. The van der Waals surface area contributed by atoms with Gasteiger partial charge >= 0.3 is 0 Å². The van der Waals surface area contributed by atoms with Crippen molar-refractivity contribution in [3.63, 3.8) is 0 Å². The number of sulfonamides is 1. The summed E-state index contributed by atoms with van der Waals surface area (Å²) in [6.07, 6.45) is 11.2. The van der Waals surface area contributed by atoms with Crippen LogP contribution in [0.3, 0.4) is 0 Å². The Kier molecular flexibility index (Phi) is 10.4. The van der Waals surface area contributed by atoms with Gasteiger partial charge in [0, 0.05) is 23.8 Å². The number of carbonyl (C=O) groups excluding carboxylic acids is 4. The number of Topliss-reactive ketones (excluding diaryl/α,β-unsaturated/α-hetero) is 1. The van der Waals surface area contributed by atoms with E-state index in [9.17, 15) is 27.6 Å². The van der Waals surface area contributed by atoms with E-state index < -0.39 is 68.4 Å². The second-order valence-corrected chi connectivity index (χ2v) is 19.3. The number of thiophene rings is 1. The topological polar surface area (TPSA) is 200 Å². The molecule has 1 aliphatic heterocycles. The maximum absolute atomic E-state index is 14.9. The highest BCUT2D eigenvalue weighted by atomic mass is 32.2. The minimum atomic E-state index is -3.90. The van der Waals surface area contributed by atoms with Crippen molar-refractivity contribution in [2.75, 3.05) is 0 Å². The lowest BCUT2D eigenvalue weighted by Gasteiger charge is -2.26. The molecule has 3 fully saturated rings. The van der Waals surface area contributed by atoms with Crippen LogP contribution in [0.2, 0.25) is 0 Å². The third kappa shape index (κ3) is 7.68. The van der Waals surface area contributed by atoms with E-state index >= 15 is 0 Å². The van der Waals surface area contributed by atoms with Gasteiger partial charge in [0.05, 0.1) is 33.1 Å². The molecule has 3 saturated carbocycles. The summed E-state index contributed by atoms with van der Waals surface area (Å²) >= 11 is 1.49. The number of allylic oxidation sites excluding steroid dienone is 1. The number of nitrogens with one attached hydrogen (secondary N) is 3. The number of aryl methyl sites for hydroxylation is 1. The van der Waals surface area contributed by atoms with Crippen molar-refractivity contribution in [3.05, 3.63) is 70.9 Å². The molecular formula is C42H46N6O8S2. The lowest BCUT2D eigenvalue weighted by molar-refractivity contribution is -0.136. The first-order valence-corrected chi connectivity index (χ1v) is 22.9. The quantitative estimate of drug-likeness (QED) is 0.193. The first-order chi connectivity index (χ1) is 28.1. The number of hydrogen-bond acceptors (Lipinski definition) is 12. The molecule has 0 radical (unpaired) electrons. The highest BCUT2D eigenvalue weighted by Crippen LogP contribution is 2.47. The maximum atomic E-state index is 14.9. The number of ether oxygens (including phenoxy) is 1. The minimum Gasteiger partial charge on any atom is -0.473 e. The number of ketones is 1. The van der Waals surface area contributed by atoms with Crippen molar-refractivity contribution < 1.29 is 36.9 Å². The summed E-state index contributed by atoms with van der Waals surface area (Å²) in [4.78, 5) is 67.8. The second-order valence-electron chi connectivity index (χ2n) is 16.3. The van der Waals surface area contributed by atoms with Crippen LogP contribution in [-0.2, 0) is 37.2 Å². The van der Waals surface area contributed by atoms with E-state index in [1.807, 2.05) is 53.9 Å². The Hall–Kier alpha value is -4.96. The molecule has 14 nitrogen and oxygen atoms in total. The molecule has 3 aromatic heterocycles. The third-order valence-corrected chi connectivity index (χ3v) is 15.0. The van der Waals surface area contributed by atoms with Crippen LogP contribution in [0.4, 0.5) is 0 Å². The maximum Gasteiger partial charge on any atom is 0.274 e. The van der Waals surface area contributed by atoms with E-state index in [-0.39, 0.29) is 36.6 Å². The van der Waals surface area contributed by atoms with Gasteiger partial charge in [-0.1, -0.05) is 48.3 Å². The molecule has 2 unspecified atom stereocenters. The molecule has 5 aliphatic rings. The molecule has 0 bridgehead atoms. The van der Waals surface area contributed by atoms with Gasteiger partial charge in [-0.3, -0.25) is 23.9 Å². The molecular weight excluding hydrogens is 781 g/mol. The number of rotatable bonds is 8. The van der Waals surface area contributed by atoms with Crippen molar-refractivity contribution in [1.82, 2.24) is 30.5 Å². The minimum absolute atomic E-state index is 0.108. The summed E-state index contributed by atoms with van der Waals surface area (Å²) in [5.74, 6) is -3.43. The Labute approximate surface area is 340 Å². The highest BCUT2D eigenvalue weighted by molar-refractivity contribution is 7.91. The number of nitrogens with zero attached hydrogens (tertiary/aromatic N) is 3. The van der Waals surface area contributed by atoms with Gasteiger partial charge in [-0.15, -0.1) is 11.3 Å². The van der Waals surface area contributed by atoms with Gasteiger partial charge in [0.2, 0.25) is 21.8 Å². The summed E-state index contributed by atoms with van der Waals surface area (Å²) in [6, 6.07) is 10.4. The van der Waals surface area contributed by atoms with Crippen LogP contribution in [0.5, 0.6) is 5.88 Å². The summed E-state index contributed by atoms with van der Waals surface area (Å²) in [7, 11) is -3.90. The average molecular weight is 827 g/mol. The lowest BCUT2D eigenvalue weighted by atomic mass is 9.85. The molecule has 6 atom stereocenters. The van der Waals surface area contributed by atoms with Crippen LogP contribution in [-0.4, -0.2) is 70.0 Å². The van der Waals surface area contributed by atoms with Crippen LogP contribution in [0.1, 0.15) is 98.9 Å². The zero-order valence-electron chi connectivity index (χ0n) is 32.0. The third-order valence-electron chi connectivity index (χ3n) is 12.3. The van der Waals surface area contributed by atoms with Gasteiger partial charge in [-0.2, -0.15) is 0 Å². The Morgan fingerprint density at radius 1 is 0.931 bits per heavy atom. The second kappa shape index (κ2) is 15.7. The van der Waals surface area contributed by atoms with Crippen LogP contribution < -0.4 is 20.1 Å². The summed E-state index contributed by atoms with van der Waals surface area (Å²) < 4.78 is 40.3. The van der Waals surface area contributed by atoms with E-state index in [1.165, 1.54) is 11.3 Å². The number of fused-ring (bicyclic) bond motifs is 4. The van der Waals surface area contributed by atoms with Crippen LogP contribution >= 0.6 is 11.3 Å². The standard InChI is InChI=1S/C42H46N6O8S2/c49-37-28-21-25(55-40-36(34-17-10-20-57-34)43-30-13-7-8-14-31(30)45-40)22-29(28)38(50)46-42(41(52)48-58(53,54)26-18-19-26)23-24(42)11-4-2-1-3-5-15-32(37)44-39(51)35-27-12-6-9-16-33(27)56-47-35/h4,7-8,10-11,13-14,17,20,24-26,28-29,32H,1-3,5-6,9,12,15-16,18-19,21-23H2,(H,44,51)(H,46,50)(H,48,52)/b11-4-/t24?,25-,28?,29+,32+,42+/m0/s1. The smallest absolute Gasteiger partial charge is 0.274 e. The molecule has 1 aromatic carbocycles. The van der Waals surface area contributed by atoms with Gasteiger partial charge in [0.25, 0.3) is 11.8 Å². The van der Waals surface area contributed by atoms with E-state index in [1.54, 1.807) is 0 Å². The first-order valence-electron chi connectivity index (χ1n) is 20.4. The highest BCUT2D eigenvalue weighted by Gasteiger charge is 2.62. The molecule has 4 heterocycles. The number of amides is 3. The molecule has 58 heavy (non-hydrogen) atoms. The molecule has 16 heteroatoms. The summed E-state index contributed by atoms with van der Waals surface area (Å²) in [5, 5.41) is 11.4. The van der Waals surface area contributed by atoms with E-state index in [0.29, 0.717) is 67.4 Å². The van der Waals surface area contributed by atoms with Gasteiger partial charge in [0.1, 0.15) is 23.1 Å². The molecule has 9 rings (SSSR count). The van der Waals surface area contributed by atoms with Crippen LogP contribution in [0.15, 0.2) is 58.5 Å².